The summed E-state index contributed by atoms with van der Waals surface area (Å²) in [6, 6.07) is 0. The predicted molar refractivity (Wildman–Crippen MR) is 8.26 cm³/mol. The van der Waals surface area contributed by atoms with E-state index in [1.54, 1.807) is 0 Å². The maximum absolute atomic E-state index is 0. The van der Waals surface area contributed by atoms with Gasteiger partial charge in [-0.15, -0.1) is 0 Å². The van der Waals surface area contributed by atoms with Crippen LogP contribution >= 0.6 is 0 Å². The predicted octanol–water partition coefficient (Wildman–Crippen LogP) is -9.22. The third kappa shape index (κ3) is 24.8. The molecular formula is HAlBr3F. The second-order valence-electron chi connectivity index (χ2n) is 0. The van der Waals surface area contributed by atoms with Gasteiger partial charge in [-0.05, 0) is 0 Å². The Bertz CT molecular complexity index is 6.85. The molecule has 0 heterocycles. The monoisotopic (exact) mass is 284 g/mol. The number of halogens is 4. The van der Waals surface area contributed by atoms with Gasteiger partial charge in [0.15, 0.2) is 0 Å². The normalized spacial score (nSPS) is 0. The molecule has 0 aromatic rings. The smallest absolute Gasteiger partial charge is 1.00 e. The first-order valence-corrected chi connectivity index (χ1v) is 0. The summed E-state index contributed by atoms with van der Waals surface area (Å²) in [5.74, 6) is 0. The van der Waals surface area contributed by atoms with E-state index >= 15 is 0 Å². The summed E-state index contributed by atoms with van der Waals surface area (Å²) < 4.78 is 0. The molecule has 0 amide bonds. The van der Waals surface area contributed by atoms with Crippen molar-refractivity contribution >= 4 is 17.4 Å². The molecule has 0 rings (SSSR count). The summed E-state index contributed by atoms with van der Waals surface area (Å²) in [7, 11) is 0. The average Bonchev–Trinajstić information content (AvgIpc) is 0. The first-order chi connectivity index (χ1) is 0. The van der Waals surface area contributed by atoms with Crippen LogP contribution < -0.4 is 50.9 Å². The van der Waals surface area contributed by atoms with Crippen LogP contribution in [-0.4, -0.2) is 17.4 Å². The van der Waals surface area contributed by atoms with Gasteiger partial charge in [0.05, 0.1) is 0 Å². The van der Waals surface area contributed by atoms with Gasteiger partial charge in [-0.25, -0.2) is 0 Å². The summed E-state index contributed by atoms with van der Waals surface area (Å²) in [5.41, 5.74) is 0. The van der Waals surface area contributed by atoms with E-state index in [0.29, 0.717) is 0 Å². The Morgan fingerprint density at radius 2 is 0.600 bits per heavy atom. The fourth-order valence-corrected chi connectivity index (χ4v) is 0. The Balaban J connectivity index is 0. The minimum absolute atomic E-state index is 0. The molecule has 0 bridgehead atoms. The Labute approximate surface area is 72.5 Å². The van der Waals surface area contributed by atoms with E-state index in [1.165, 1.54) is 0 Å². The third-order valence-electron chi connectivity index (χ3n) is 0. The van der Waals surface area contributed by atoms with E-state index in [-0.39, 0.29) is 73.0 Å². The molecule has 0 fully saturated rings. The van der Waals surface area contributed by atoms with Crippen molar-refractivity contribution in [2.75, 3.05) is 0 Å². The van der Waals surface area contributed by atoms with E-state index in [0.717, 1.165) is 0 Å². The van der Waals surface area contributed by atoms with Crippen LogP contribution in [0.2, 0.25) is 0 Å². The molecule has 5 heteroatoms. The van der Waals surface area contributed by atoms with Crippen molar-refractivity contribution < 1.29 is 55.6 Å². The van der Waals surface area contributed by atoms with E-state index in [9.17, 15) is 0 Å². The summed E-state index contributed by atoms with van der Waals surface area (Å²) in [6.45, 7) is 0. The molecule has 0 aliphatic heterocycles. The fraction of sp³-hybridized carbons (Fsp3) is 0. The second-order valence-corrected chi connectivity index (χ2v) is 0. The zero-order valence-corrected chi connectivity index (χ0v) is 8.03. The van der Waals surface area contributed by atoms with Gasteiger partial charge in [-0.3, -0.25) is 4.70 Å². The minimum atomic E-state index is 0. The third-order valence-corrected chi connectivity index (χ3v) is 0. The van der Waals surface area contributed by atoms with Gasteiger partial charge in [0.2, 0.25) is 0 Å². The number of hydrogen-bond acceptors (Lipinski definition) is 0. The van der Waals surface area contributed by atoms with Crippen LogP contribution in [0.15, 0.2) is 0 Å². The Morgan fingerprint density at radius 1 is 0.600 bits per heavy atom. The van der Waals surface area contributed by atoms with Gasteiger partial charge >= 0.3 is 17.4 Å². The zero-order valence-electron chi connectivity index (χ0n) is 2.12. The molecule has 0 radical (unpaired) electrons. The zero-order chi connectivity index (χ0) is 0. The summed E-state index contributed by atoms with van der Waals surface area (Å²) in [4.78, 5) is 0. The van der Waals surface area contributed by atoms with Crippen molar-refractivity contribution in [3.8, 4) is 0 Å². The minimum Gasteiger partial charge on any atom is -1.00 e. The molecule has 0 atom stereocenters. The molecule has 5 heavy (non-hydrogen) atoms. The van der Waals surface area contributed by atoms with Gasteiger partial charge in [0.25, 0.3) is 0 Å². The first-order valence-electron chi connectivity index (χ1n) is 0. The fourth-order valence-electron chi connectivity index (χ4n) is 0. The second kappa shape index (κ2) is 39.2. The molecule has 0 saturated carbocycles. The largest absolute Gasteiger partial charge is 3.00 e. The van der Waals surface area contributed by atoms with Crippen molar-refractivity contribution in [1.82, 2.24) is 0 Å². The molecule has 0 aromatic heterocycles. The van der Waals surface area contributed by atoms with Gasteiger partial charge in [-0.2, -0.15) is 0 Å². The van der Waals surface area contributed by atoms with Gasteiger partial charge in [0, 0.05) is 0 Å². The Hall–Kier alpha value is 1.90. The topological polar surface area (TPSA) is 0 Å². The Kier molecular flexibility index (Phi) is 521. The summed E-state index contributed by atoms with van der Waals surface area (Å²) >= 11 is 0. The van der Waals surface area contributed by atoms with Gasteiger partial charge < -0.3 is 50.9 Å². The molecule has 0 aromatic carbocycles. The van der Waals surface area contributed by atoms with Gasteiger partial charge in [-0.1, -0.05) is 0 Å². The first kappa shape index (κ1) is 66.4. The molecular weight excluding hydrogens is 286 g/mol. The van der Waals surface area contributed by atoms with E-state index in [4.69, 9.17) is 0 Å². The molecule has 0 aliphatic carbocycles. The van der Waals surface area contributed by atoms with Gasteiger partial charge in [0.1, 0.15) is 0 Å². The summed E-state index contributed by atoms with van der Waals surface area (Å²) in [5, 5.41) is 0. The standard InChI is InChI=1S/Al.3BrH.FH/h;4*1H/q+3;;;;/p-3. The SMILES string of the molecule is F.[Al+3].[Br-].[Br-].[Br-]. The quantitative estimate of drug-likeness (QED) is 0.388. The molecule has 0 spiro atoms. The summed E-state index contributed by atoms with van der Waals surface area (Å²) in [6.07, 6.45) is 0. The van der Waals surface area contributed by atoms with Crippen LogP contribution in [0.25, 0.3) is 0 Å². The van der Waals surface area contributed by atoms with E-state index in [1.807, 2.05) is 0 Å². The van der Waals surface area contributed by atoms with Crippen LogP contribution in [0.3, 0.4) is 0 Å². The average molecular weight is 287 g/mol. The van der Waals surface area contributed by atoms with Crippen LogP contribution in [0.1, 0.15) is 0 Å². The maximum Gasteiger partial charge on any atom is 3.00 e. The van der Waals surface area contributed by atoms with Crippen LogP contribution in [0.4, 0.5) is 4.70 Å². The molecule has 0 N–H and O–H groups in total. The van der Waals surface area contributed by atoms with Crippen molar-refractivity contribution in [2.45, 2.75) is 0 Å². The molecule has 0 unspecified atom stereocenters. The number of rotatable bonds is 0. The molecule has 0 saturated heterocycles. The van der Waals surface area contributed by atoms with Crippen molar-refractivity contribution in [1.29, 1.82) is 0 Å². The van der Waals surface area contributed by atoms with E-state index in [2.05, 4.69) is 0 Å². The molecule has 0 aliphatic rings. The van der Waals surface area contributed by atoms with Crippen LogP contribution in [-0.2, 0) is 0 Å². The van der Waals surface area contributed by atoms with Crippen molar-refractivity contribution in [3.63, 3.8) is 0 Å². The Morgan fingerprint density at radius 3 is 0.600 bits per heavy atom. The van der Waals surface area contributed by atoms with Crippen molar-refractivity contribution in [3.05, 3.63) is 0 Å². The van der Waals surface area contributed by atoms with Crippen molar-refractivity contribution in [2.24, 2.45) is 0 Å². The molecule has 0 nitrogen and oxygen atoms in total. The molecule has 32 valence electrons. The maximum atomic E-state index is 0. The van der Waals surface area contributed by atoms with E-state index < -0.39 is 0 Å². The van der Waals surface area contributed by atoms with Crippen LogP contribution in [0.5, 0.6) is 0 Å². The van der Waals surface area contributed by atoms with Crippen LogP contribution in [0, 0.1) is 0 Å². The number of hydrogen-bond donors (Lipinski definition) is 0.